The van der Waals surface area contributed by atoms with Crippen molar-refractivity contribution in [3.05, 3.63) is 52.9 Å². The van der Waals surface area contributed by atoms with Crippen LogP contribution in [0.15, 0.2) is 47.3 Å². The number of aromatic nitrogens is 4. The summed E-state index contributed by atoms with van der Waals surface area (Å²) in [6.07, 6.45) is 9.23. The van der Waals surface area contributed by atoms with E-state index in [1.54, 1.807) is 39.0 Å². The fourth-order valence-electron chi connectivity index (χ4n) is 6.49. The normalized spacial score (nSPS) is 16.8. The van der Waals surface area contributed by atoms with Crippen LogP contribution in [0.3, 0.4) is 0 Å². The molecule has 2 saturated heterocycles. The number of anilines is 5. The first-order valence-corrected chi connectivity index (χ1v) is 19.3. The molecule has 11 nitrogen and oxygen atoms in total. The van der Waals surface area contributed by atoms with Gasteiger partial charge in [0, 0.05) is 69.2 Å². The van der Waals surface area contributed by atoms with Crippen LogP contribution in [0.5, 0.6) is 5.75 Å². The first-order chi connectivity index (χ1) is 22.2. The monoisotopic (exact) mass is 708 g/mol. The van der Waals surface area contributed by atoms with Gasteiger partial charge in [0.05, 0.1) is 40.4 Å². The van der Waals surface area contributed by atoms with Gasteiger partial charge in [0.1, 0.15) is 24.2 Å². The molecule has 0 atom stereocenters. The molecule has 0 saturated carbocycles. The largest absolute Gasteiger partial charge is 0.494 e. The van der Waals surface area contributed by atoms with Gasteiger partial charge in [-0.2, -0.15) is 4.98 Å². The van der Waals surface area contributed by atoms with Gasteiger partial charge in [0.15, 0.2) is 0 Å². The number of hydrogen-bond acceptors (Lipinski definition) is 11. The molecule has 244 valence electrons. The van der Waals surface area contributed by atoms with Crippen LogP contribution < -0.4 is 25.6 Å². The summed E-state index contributed by atoms with van der Waals surface area (Å²) in [7, 11) is -1.05. The van der Waals surface area contributed by atoms with Gasteiger partial charge < -0.3 is 29.6 Å². The first-order valence-electron chi connectivity index (χ1n) is 15.9. The Kier molecular flexibility index (Phi) is 10.1. The smallest absolute Gasteiger partial charge is 0.229 e. The molecule has 0 unspecified atom stereocenters. The third-order valence-electron chi connectivity index (χ3n) is 8.76. The minimum atomic E-state index is -2.74. The van der Waals surface area contributed by atoms with Crippen LogP contribution >= 0.6 is 23.1 Å². The molecule has 2 aliphatic rings. The zero-order valence-electron chi connectivity index (χ0n) is 26.9. The molecule has 0 aliphatic carbocycles. The molecule has 0 bridgehead atoms. The van der Waals surface area contributed by atoms with Crippen LogP contribution in [0.25, 0.3) is 11.0 Å². The van der Waals surface area contributed by atoms with E-state index in [2.05, 4.69) is 70.4 Å². The van der Waals surface area contributed by atoms with Crippen LogP contribution in [-0.2, 0) is 15.7 Å². The maximum Gasteiger partial charge on any atom is 0.229 e. The maximum absolute atomic E-state index is 13.4. The first kappa shape index (κ1) is 32.6. The van der Waals surface area contributed by atoms with Crippen LogP contribution in [0.2, 0.25) is 0 Å². The maximum atomic E-state index is 13.4. The summed E-state index contributed by atoms with van der Waals surface area (Å²) >= 11 is 3.58. The minimum absolute atomic E-state index is 0.402. The van der Waals surface area contributed by atoms with Gasteiger partial charge in [-0.25, -0.2) is 4.98 Å². The number of ether oxygens (including phenoxy) is 2. The number of nitrogens with zero attached hydrogens (tertiary/aromatic N) is 6. The summed E-state index contributed by atoms with van der Waals surface area (Å²) in [5.74, 6) is 1.66. The summed E-state index contributed by atoms with van der Waals surface area (Å²) in [5, 5.41) is 7.40. The molecule has 4 heterocycles. The molecule has 2 aromatic heterocycles. The van der Waals surface area contributed by atoms with E-state index in [0.29, 0.717) is 44.3 Å². The van der Waals surface area contributed by atoms with Crippen molar-refractivity contribution in [2.24, 2.45) is 0 Å². The lowest BCUT2D eigenvalue weighted by atomic mass is 10.00. The number of fused-ring (bicyclic) bond motifs is 1. The lowest BCUT2D eigenvalue weighted by Crippen LogP contribution is -2.46. The van der Waals surface area contributed by atoms with Crippen molar-refractivity contribution in [3.63, 3.8) is 0 Å². The highest BCUT2D eigenvalue weighted by Gasteiger charge is 2.27. The van der Waals surface area contributed by atoms with E-state index in [1.165, 1.54) is 11.3 Å². The number of methoxy groups -OCH3 is 1. The molecule has 2 N–H and O–H groups in total. The molecular weight excluding hydrogens is 667 g/mol. The standard InChI is InChI=1S/C33H42BrN8O3P/c1-5-22-19-27(29(44-2)20-28(22)42-14-9-23(10-15-42)41-13-6-17-45-18-16-41)39-33-37-21-24(34)32(40-33)38-26-8-7-25-30(36-12-11-35-25)31(26)46(3,4)43/h7-8,11-12,19-21,23H,5-6,9-10,13-18H2,1-4H3,(H2,37,38,39,40). The Morgan fingerprint density at radius 2 is 1.83 bits per heavy atom. The van der Waals surface area contributed by atoms with E-state index in [9.17, 15) is 4.57 Å². The summed E-state index contributed by atoms with van der Waals surface area (Å²) in [6.45, 7) is 11.6. The average molecular weight is 710 g/mol. The molecule has 0 amide bonds. The Hall–Kier alpha value is -3.31. The van der Waals surface area contributed by atoms with E-state index < -0.39 is 7.14 Å². The van der Waals surface area contributed by atoms with Crippen molar-refractivity contribution in [1.82, 2.24) is 24.8 Å². The van der Waals surface area contributed by atoms with Crippen molar-refractivity contribution >= 4 is 68.2 Å². The number of benzene rings is 2. The fraction of sp³-hybridized carbons (Fsp3) is 0.455. The third-order valence-corrected chi connectivity index (χ3v) is 10.9. The third kappa shape index (κ3) is 7.15. The second-order valence-electron chi connectivity index (χ2n) is 12.1. The summed E-state index contributed by atoms with van der Waals surface area (Å²) < 4.78 is 25.7. The van der Waals surface area contributed by atoms with Gasteiger partial charge in [-0.05, 0) is 78.7 Å². The number of hydrogen-bond donors (Lipinski definition) is 2. The summed E-state index contributed by atoms with van der Waals surface area (Å²) in [4.78, 5) is 23.3. The van der Waals surface area contributed by atoms with Crippen LogP contribution in [0.4, 0.5) is 28.8 Å². The van der Waals surface area contributed by atoms with Gasteiger partial charge >= 0.3 is 0 Å². The zero-order chi connectivity index (χ0) is 32.3. The second-order valence-corrected chi connectivity index (χ2v) is 16.1. The van der Waals surface area contributed by atoms with E-state index in [1.807, 2.05) is 12.1 Å². The highest BCUT2D eigenvalue weighted by atomic mass is 79.9. The Morgan fingerprint density at radius 1 is 1.02 bits per heavy atom. The highest BCUT2D eigenvalue weighted by molar-refractivity contribution is 9.10. The Morgan fingerprint density at radius 3 is 2.59 bits per heavy atom. The van der Waals surface area contributed by atoms with Crippen molar-refractivity contribution in [2.45, 2.75) is 38.6 Å². The van der Waals surface area contributed by atoms with E-state index in [0.717, 1.165) is 76.5 Å². The number of halogens is 1. The van der Waals surface area contributed by atoms with Crippen LogP contribution in [0, 0.1) is 0 Å². The van der Waals surface area contributed by atoms with Crippen molar-refractivity contribution in [3.8, 4) is 5.75 Å². The number of aryl methyl sites for hydroxylation is 1. The van der Waals surface area contributed by atoms with Crippen molar-refractivity contribution in [1.29, 1.82) is 0 Å². The molecule has 4 aromatic rings. The SMILES string of the molecule is CCc1cc(Nc2ncc(Br)c(Nc3ccc4nccnc4c3P(C)(C)=O)n2)c(OC)cc1N1CCC(N2CCCOCC2)CC1. The molecular formula is C33H42BrN8O3P. The summed E-state index contributed by atoms with van der Waals surface area (Å²) in [6, 6.07) is 8.64. The van der Waals surface area contributed by atoms with Crippen molar-refractivity contribution < 1.29 is 14.0 Å². The Bertz CT molecular complexity index is 1740. The summed E-state index contributed by atoms with van der Waals surface area (Å²) in [5.41, 5.74) is 5.22. The zero-order valence-corrected chi connectivity index (χ0v) is 29.4. The predicted octanol–water partition coefficient (Wildman–Crippen LogP) is 6.18. The lowest BCUT2D eigenvalue weighted by molar-refractivity contribution is 0.125. The van der Waals surface area contributed by atoms with Gasteiger partial charge in [0.2, 0.25) is 5.95 Å². The molecule has 13 heteroatoms. The molecule has 2 fully saturated rings. The van der Waals surface area contributed by atoms with Crippen molar-refractivity contribution in [2.75, 3.05) is 75.4 Å². The van der Waals surface area contributed by atoms with E-state index in [4.69, 9.17) is 14.5 Å². The average Bonchev–Trinajstić information content (AvgIpc) is 3.35. The number of rotatable bonds is 9. The Balaban J connectivity index is 1.23. The topological polar surface area (TPSA) is 118 Å². The number of piperidine rings is 1. The number of nitrogens with one attached hydrogen (secondary N) is 2. The minimum Gasteiger partial charge on any atom is -0.494 e. The quantitative estimate of drug-likeness (QED) is 0.194. The fourth-order valence-corrected chi connectivity index (χ4v) is 8.17. The van der Waals surface area contributed by atoms with E-state index in [-0.39, 0.29) is 0 Å². The van der Waals surface area contributed by atoms with Crippen LogP contribution in [-0.4, -0.2) is 90.7 Å². The molecule has 0 spiro atoms. The molecule has 2 aliphatic heterocycles. The van der Waals surface area contributed by atoms with E-state index >= 15 is 0 Å². The Labute approximate surface area is 279 Å². The molecule has 2 aromatic carbocycles. The molecule has 6 rings (SSSR count). The van der Waals surface area contributed by atoms with Gasteiger partial charge in [-0.1, -0.05) is 6.92 Å². The molecule has 0 radical (unpaired) electrons. The predicted molar refractivity (Wildman–Crippen MR) is 190 cm³/mol. The molecule has 46 heavy (non-hydrogen) atoms. The van der Waals surface area contributed by atoms with Gasteiger partial charge in [-0.15, -0.1) is 0 Å². The van der Waals surface area contributed by atoms with Gasteiger partial charge in [-0.3, -0.25) is 14.9 Å². The second kappa shape index (κ2) is 14.2. The lowest BCUT2D eigenvalue weighted by Gasteiger charge is -2.39. The van der Waals surface area contributed by atoms with Gasteiger partial charge in [0.25, 0.3) is 0 Å². The van der Waals surface area contributed by atoms with Crippen LogP contribution in [0.1, 0.15) is 31.7 Å². The highest BCUT2D eigenvalue weighted by Crippen LogP contribution is 2.42.